The molecule has 0 saturated carbocycles. The number of ketones is 1. The van der Waals surface area contributed by atoms with Gasteiger partial charge in [-0.05, 0) is 43.9 Å². The summed E-state index contributed by atoms with van der Waals surface area (Å²) in [5.41, 5.74) is 1.07. The molecule has 0 heterocycles. The Hall–Kier alpha value is -2.73. The van der Waals surface area contributed by atoms with Gasteiger partial charge in [-0.15, -0.1) is 0 Å². The smallest absolute Gasteiger partial charge is 0.220 e. The number of Topliss-reactive ketones (excluding diaryl/α,β-unsaturated/α-hetero) is 1. The van der Waals surface area contributed by atoms with Crippen molar-refractivity contribution >= 4 is 11.7 Å². The van der Waals surface area contributed by atoms with Crippen LogP contribution in [0, 0.1) is 5.82 Å². The molecule has 2 rings (SSSR count). The Kier molecular flexibility index (Phi) is 7.49. The minimum absolute atomic E-state index is 0.0119. The molecule has 0 aliphatic rings. The molecule has 144 valence electrons. The second-order valence-corrected chi connectivity index (χ2v) is 6.46. The summed E-state index contributed by atoms with van der Waals surface area (Å²) in [4.78, 5) is 26.2. The van der Waals surface area contributed by atoms with Gasteiger partial charge in [0.05, 0.1) is 18.7 Å². The minimum Gasteiger partial charge on any atom is -0.497 e. The molecule has 0 aromatic heterocycles. The van der Waals surface area contributed by atoms with E-state index < -0.39 is 5.82 Å². The highest BCUT2D eigenvalue weighted by molar-refractivity contribution is 5.98. The van der Waals surface area contributed by atoms with E-state index in [-0.39, 0.29) is 36.1 Å². The van der Waals surface area contributed by atoms with Crippen molar-refractivity contribution in [1.29, 1.82) is 0 Å². The van der Waals surface area contributed by atoms with Crippen LogP contribution in [0.3, 0.4) is 0 Å². The molecule has 0 bridgehead atoms. The van der Waals surface area contributed by atoms with Crippen molar-refractivity contribution < 1.29 is 18.7 Å². The number of carbonyl (C=O) groups excluding carboxylic acids is 2. The average Bonchev–Trinajstić information content (AvgIpc) is 2.67. The quantitative estimate of drug-likeness (QED) is 0.687. The van der Waals surface area contributed by atoms with Gasteiger partial charge in [-0.25, -0.2) is 4.39 Å². The van der Waals surface area contributed by atoms with Crippen LogP contribution in [0.4, 0.5) is 4.39 Å². The average molecular weight is 372 g/mol. The number of ether oxygens (including phenoxy) is 1. The molecule has 27 heavy (non-hydrogen) atoms. The Balaban J connectivity index is 1.88. The zero-order valence-electron chi connectivity index (χ0n) is 15.9. The van der Waals surface area contributed by atoms with Crippen LogP contribution in [0.25, 0.3) is 0 Å². The van der Waals surface area contributed by atoms with Gasteiger partial charge in [0.15, 0.2) is 5.78 Å². The van der Waals surface area contributed by atoms with Gasteiger partial charge in [0.2, 0.25) is 5.91 Å². The molecule has 0 fully saturated rings. The van der Waals surface area contributed by atoms with Gasteiger partial charge in [-0.3, -0.25) is 9.59 Å². The maximum atomic E-state index is 13.6. The van der Waals surface area contributed by atoms with E-state index in [1.807, 2.05) is 43.3 Å². The topological polar surface area (TPSA) is 58.6 Å². The third-order valence-electron chi connectivity index (χ3n) is 4.37. The highest BCUT2D eigenvalue weighted by Crippen LogP contribution is 2.20. The predicted molar refractivity (Wildman–Crippen MR) is 102 cm³/mol. The van der Waals surface area contributed by atoms with Crippen LogP contribution >= 0.6 is 0 Å². The van der Waals surface area contributed by atoms with Gasteiger partial charge in [-0.2, -0.15) is 0 Å². The van der Waals surface area contributed by atoms with Crippen LogP contribution in [0.15, 0.2) is 48.5 Å². The molecule has 1 atom stereocenters. The Morgan fingerprint density at radius 3 is 2.33 bits per heavy atom. The fraction of sp³-hybridized carbons (Fsp3) is 0.333. The number of halogens is 1. The van der Waals surface area contributed by atoms with Crippen LogP contribution in [-0.4, -0.2) is 44.3 Å². The Morgan fingerprint density at radius 2 is 1.74 bits per heavy atom. The summed E-state index contributed by atoms with van der Waals surface area (Å²) in [5.74, 6) is -0.398. The van der Waals surface area contributed by atoms with Crippen LogP contribution in [0.5, 0.6) is 5.75 Å². The third-order valence-corrected chi connectivity index (χ3v) is 4.37. The van der Waals surface area contributed by atoms with Gasteiger partial charge in [-0.1, -0.05) is 24.3 Å². The Morgan fingerprint density at radius 1 is 1.07 bits per heavy atom. The highest BCUT2D eigenvalue weighted by Gasteiger charge is 2.17. The van der Waals surface area contributed by atoms with Gasteiger partial charge in [0.25, 0.3) is 0 Å². The minimum atomic E-state index is -0.560. The number of hydrogen-bond donors (Lipinski definition) is 1. The molecule has 0 saturated heterocycles. The maximum absolute atomic E-state index is 13.6. The molecule has 5 nitrogen and oxygen atoms in total. The summed E-state index contributed by atoms with van der Waals surface area (Å²) >= 11 is 0. The summed E-state index contributed by atoms with van der Waals surface area (Å²) < 4.78 is 18.8. The first-order chi connectivity index (χ1) is 12.9. The molecule has 1 amide bonds. The monoisotopic (exact) mass is 372 g/mol. The number of hydrogen-bond acceptors (Lipinski definition) is 4. The van der Waals surface area contributed by atoms with Crippen molar-refractivity contribution in [1.82, 2.24) is 10.2 Å². The molecule has 2 aromatic carbocycles. The normalized spacial score (nSPS) is 11.9. The molecular weight excluding hydrogens is 347 g/mol. The van der Waals surface area contributed by atoms with Crippen molar-refractivity contribution in [3.63, 3.8) is 0 Å². The van der Waals surface area contributed by atoms with E-state index in [1.54, 1.807) is 13.2 Å². The van der Waals surface area contributed by atoms with E-state index in [0.717, 1.165) is 11.3 Å². The number of amides is 1. The molecule has 0 aliphatic carbocycles. The molecule has 2 aromatic rings. The van der Waals surface area contributed by atoms with E-state index in [0.29, 0.717) is 6.54 Å². The number of likely N-dealkylation sites (N-methyl/N-ethyl adjacent to an activating group) is 1. The van der Waals surface area contributed by atoms with Gasteiger partial charge in [0.1, 0.15) is 11.6 Å². The second kappa shape index (κ2) is 9.83. The Bertz CT molecular complexity index is 775. The summed E-state index contributed by atoms with van der Waals surface area (Å²) in [6, 6.07) is 13.5. The van der Waals surface area contributed by atoms with Crippen LogP contribution in [-0.2, 0) is 4.79 Å². The molecule has 1 N–H and O–H groups in total. The molecule has 1 unspecified atom stereocenters. The highest BCUT2D eigenvalue weighted by atomic mass is 19.1. The van der Waals surface area contributed by atoms with Crippen molar-refractivity contribution in [3.8, 4) is 5.75 Å². The maximum Gasteiger partial charge on any atom is 0.220 e. The number of methoxy groups -OCH3 is 1. The molecule has 0 spiro atoms. The molecule has 0 aliphatic heterocycles. The van der Waals surface area contributed by atoms with E-state index in [2.05, 4.69) is 5.32 Å². The van der Waals surface area contributed by atoms with Crippen molar-refractivity contribution in [2.24, 2.45) is 0 Å². The molecular formula is C21H25FN2O3. The lowest BCUT2D eigenvalue weighted by Gasteiger charge is -2.25. The standard InChI is InChI=1S/C21H25FN2O3/c1-24(2)19(15-8-10-16(27-3)11-9-15)14-23-21(26)13-12-20(25)17-6-4-5-7-18(17)22/h4-11,19H,12-14H2,1-3H3,(H,23,26). The van der Waals surface area contributed by atoms with Gasteiger partial charge < -0.3 is 15.0 Å². The molecule has 0 radical (unpaired) electrons. The van der Waals surface area contributed by atoms with E-state index in [4.69, 9.17) is 4.74 Å². The number of benzene rings is 2. The third kappa shape index (κ3) is 5.89. The van der Waals surface area contributed by atoms with Gasteiger partial charge >= 0.3 is 0 Å². The first-order valence-corrected chi connectivity index (χ1v) is 8.77. The Labute approximate surface area is 159 Å². The number of carbonyl (C=O) groups is 2. The van der Waals surface area contributed by atoms with E-state index in [9.17, 15) is 14.0 Å². The van der Waals surface area contributed by atoms with Crippen molar-refractivity contribution in [3.05, 3.63) is 65.5 Å². The lowest BCUT2D eigenvalue weighted by atomic mass is 10.0. The summed E-state index contributed by atoms with van der Waals surface area (Å²) in [6.45, 7) is 0.409. The predicted octanol–water partition coefficient (Wildman–Crippen LogP) is 3.22. The lowest BCUT2D eigenvalue weighted by Crippen LogP contribution is -2.34. The zero-order valence-corrected chi connectivity index (χ0v) is 15.9. The van der Waals surface area contributed by atoms with Crippen molar-refractivity contribution in [2.75, 3.05) is 27.7 Å². The summed E-state index contributed by atoms with van der Waals surface area (Å²) in [7, 11) is 5.48. The fourth-order valence-electron chi connectivity index (χ4n) is 2.77. The first-order valence-electron chi connectivity index (χ1n) is 8.77. The SMILES string of the molecule is COc1ccc(C(CNC(=O)CCC(=O)c2ccccc2F)N(C)C)cc1. The van der Waals surface area contributed by atoms with E-state index in [1.165, 1.54) is 18.2 Å². The van der Waals surface area contributed by atoms with Crippen molar-refractivity contribution in [2.45, 2.75) is 18.9 Å². The number of nitrogens with zero attached hydrogens (tertiary/aromatic N) is 1. The van der Waals surface area contributed by atoms with E-state index >= 15 is 0 Å². The first kappa shape index (κ1) is 20.6. The number of rotatable bonds is 9. The van der Waals surface area contributed by atoms with Crippen LogP contribution in [0.2, 0.25) is 0 Å². The lowest BCUT2D eigenvalue weighted by molar-refractivity contribution is -0.121. The molecule has 6 heteroatoms. The number of nitrogens with one attached hydrogen (secondary N) is 1. The largest absolute Gasteiger partial charge is 0.497 e. The van der Waals surface area contributed by atoms with Crippen LogP contribution < -0.4 is 10.1 Å². The zero-order chi connectivity index (χ0) is 19.8. The van der Waals surface area contributed by atoms with Gasteiger partial charge in [0, 0.05) is 19.4 Å². The summed E-state index contributed by atoms with van der Waals surface area (Å²) in [6.07, 6.45) is -0.00212. The summed E-state index contributed by atoms with van der Waals surface area (Å²) in [5, 5.41) is 2.85. The van der Waals surface area contributed by atoms with Crippen LogP contribution in [0.1, 0.15) is 34.8 Å². The fourth-order valence-corrected chi connectivity index (χ4v) is 2.77. The second-order valence-electron chi connectivity index (χ2n) is 6.46.